The largest absolute Gasteiger partial charge is 0.464 e. The van der Waals surface area contributed by atoms with E-state index in [0.29, 0.717) is 5.71 Å². The number of ether oxygens (including phenoxy) is 3. The van der Waals surface area contributed by atoms with Crippen molar-refractivity contribution in [2.24, 2.45) is 10.9 Å². The van der Waals surface area contributed by atoms with Gasteiger partial charge in [-0.05, 0) is 19.4 Å². The summed E-state index contributed by atoms with van der Waals surface area (Å²) >= 11 is 0. The molecule has 2 N–H and O–H groups in total. The smallest absolute Gasteiger partial charge is 0.315 e. The Morgan fingerprint density at radius 2 is 2.11 bits per heavy atom. The van der Waals surface area contributed by atoms with Gasteiger partial charge in [0.1, 0.15) is 30.8 Å². The number of nitriles is 1. The molecule has 0 saturated carbocycles. The Balaban J connectivity index is 1.82. The topological polar surface area (TPSA) is 182 Å². The third-order valence-corrected chi connectivity index (χ3v) is 6.71. The summed E-state index contributed by atoms with van der Waals surface area (Å²) in [6.45, 7) is 2.36. The summed E-state index contributed by atoms with van der Waals surface area (Å²) in [5.74, 6) is -3.81. The van der Waals surface area contributed by atoms with Crippen LogP contribution in [-0.4, -0.2) is 76.3 Å². The van der Waals surface area contributed by atoms with Gasteiger partial charge in [0.05, 0.1) is 30.6 Å². The fourth-order valence-electron chi connectivity index (χ4n) is 5.05. The first kappa shape index (κ1) is 25.6. The third kappa shape index (κ3) is 4.31. The summed E-state index contributed by atoms with van der Waals surface area (Å²) < 4.78 is 16.2. The maximum atomic E-state index is 14.0. The number of aliphatic imine (C=N–C) groups is 1. The molecule has 0 aromatic heterocycles. The second-order valence-electron chi connectivity index (χ2n) is 8.99. The molecule has 1 aromatic carbocycles. The lowest BCUT2D eigenvalue weighted by molar-refractivity contribution is -0.384. The lowest BCUT2D eigenvalue weighted by Crippen LogP contribution is -2.53. The zero-order valence-corrected chi connectivity index (χ0v) is 19.6. The highest BCUT2D eigenvalue weighted by Crippen LogP contribution is 2.45. The van der Waals surface area contributed by atoms with E-state index in [1.807, 2.05) is 6.07 Å². The van der Waals surface area contributed by atoms with Crippen LogP contribution in [0.4, 0.5) is 5.69 Å². The lowest BCUT2D eigenvalue weighted by atomic mass is 9.71. The molecule has 2 saturated heterocycles. The maximum absolute atomic E-state index is 14.0. The molecule has 3 heterocycles. The van der Waals surface area contributed by atoms with Crippen LogP contribution in [0.2, 0.25) is 0 Å². The number of nitrogens with zero attached hydrogens (tertiary/aromatic N) is 3. The minimum atomic E-state index is -2.17. The van der Waals surface area contributed by atoms with E-state index < -0.39 is 59.0 Å². The summed E-state index contributed by atoms with van der Waals surface area (Å²) in [4.78, 5) is 42.4. The number of aliphatic hydroxyl groups is 2. The van der Waals surface area contributed by atoms with Crippen LogP contribution in [0.5, 0.6) is 0 Å². The van der Waals surface area contributed by atoms with Crippen LogP contribution in [-0.2, 0) is 23.8 Å². The average molecular weight is 499 g/mol. The lowest BCUT2D eigenvalue weighted by Gasteiger charge is -2.35. The van der Waals surface area contributed by atoms with Crippen molar-refractivity contribution < 1.29 is 38.9 Å². The number of hydrogen-bond donors (Lipinski definition) is 2. The van der Waals surface area contributed by atoms with E-state index in [-0.39, 0.29) is 42.2 Å². The first-order valence-electron chi connectivity index (χ1n) is 11.3. The molecule has 0 amide bonds. The van der Waals surface area contributed by atoms with Crippen molar-refractivity contribution >= 4 is 23.2 Å². The van der Waals surface area contributed by atoms with Gasteiger partial charge < -0.3 is 24.4 Å². The molecule has 4 rings (SSSR count). The van der Waals surface area contributed by atoms with Crippen molar-refractivity contribution in [1.82, 2.24) is 0 Å². The molecule has 0 spiro atoms. The van der Waals surface area contributed by atoms with Gasteiger partial charge in [-0.3, -0.25) is 24.7 Å². The van der Waals surface area contributed by atoms with Crippen molar-refractivity contribution in [2.75, 3.05) is 19.8 Å². The monoisotopic (exact) mass is 499 g/mol. The van der Waals surface area contributed by atoms with Crippen LogP contribution in [0.15, 0.2) is 40.5 Å². The Bertz CT molecular complexity index is 1200. The van der Waals surface area contributed by atoms with E-state index in [1.165, 1.54) is 18.2 Å². The molecule has 0 radical (unpaired) electrons. The molecule has 6 atom stereocenters. The normalized spacial score (nSPS) is 31.4. The second-order valence-corrected chi connectivity index (χ2v) is 8.99. The second kappa shape index (κ2) is 9.87. The number of fused-ring (bicyclic) bond motifs is 1. The molecule has 36 heavy (non-hydrogen) atoms. The number of hydrogen-bond acceptors (Lipinski definition) is 11. The number of benzene rings is 1. The van der Waals surface area contributed by atoms with Crippen LogP contribution in [0.3, 0.4) is 0 Å². The number of nitro benzene ring substituents is 1. The van der Waals surface area contributed by atoms with Gasteiger partial charge in [-0.1, -0.05) is 12.1 Å². The standard InChI is InChI=1S/C24H25N3O9/c1-12-17(21(29)24(31)11-36-20-16(28)10-35-22(20)24)19(14-5-3-6-15(9-14)27(32)33)18(13(2)26-12)23(30)34-8-4-7-25/h3,5-6,9,16,18-20,22,28,31H,4,8,10-11H2,1-2H3/t16-,18?,19?,20+,22-,24-/m0/s1. The van der Waals surface area contributed by atoms with Crippen LogP contribution in [0.1, 0.15) is 31.7 Å². The van der Waals surface area contributed by atoms with Gasteiger partial charge in [-0.2, -0.15) is 5.26 Å². The van der Waals surface area contributed by atoms with Crippen molar-refractivity contribution in [1.29, 1.82) is 5.26 Å². The number of nitro groups is 1. The van der Waals surface area contributed by atoms with Crippen molar-refractivity contribution in [3.63, 3.8) is 0 Å². The van der Waals surface area contributed by atoms with Crippen molar-refractivity contribution in [2.45, 2.75) is 50.1 Å². The molecule has 190 valence electrons. The molecule has 2 unspecified atom stereocenters. The Kier molecular flexibility index (Phi) is 7.01. The summed E-state index contributed by atoms with van der Waals surface area (Å²) in [6.07, 6.45) is -3.11. The summed E-state index contributed by atoms with van der Waals surface area (Å²) in [5.41, 5.74) is -1.67. The average Bonchev–Trinajstić information content (AvgIpc) is 3.39. The van der Waals surface area contributed by atoms with Crippen LogP contribution >= 0.6 is 0 Å². The predicted molar refractivity (Wildman–Crippen MR) is 122 cm³/mol. The van der Waals surface area contributed by atoms with Crippen molar-refractivity contribution in [3.8, 4) is 6.07 Å². The van der Waals surface area contributed by atoms with Crippen molar-refractivity contribution in [3.05, 3.63) is 51.2 Å². The summed E-state index contributed by atoms with van der Waals surface area (Å²) in [6, 6.07) is 7.39. The molecule has 12 heteroatoms. The maximum Gasteiger partial charge on any atom is 0.315 e. The zero-order chi connectivity index (χ0) is 26.2. The first-order chi connectivity index (χ1) is 17.1. The third-order valence-electron chi connectivity index (χ3n) is 6.71. The number of non-ortho nitro benzene ring substituents is 1. The van der Waals surface area contributed by atoms with E-state index in [0.717, 1.165) is 0 Å². The van der Waals surface area contributed by atoms with Gasteiger partial charge in [-0.15, -0.1) is 0 Å². The first-order valence-corrected chi connectivity index (χ1v) is 11.3. The number of rotatable bonds is 7. The number of esters is 1. The summed E-state index contributed by atoms with van der Waals surface area (Å²) in [7, 11) is 0. The summed E-state index contributed by atoms with van der Waals surface area (Å²) in [5, 5.41) is 41.8. The molecule has 0 aliphatic carbocycles. The highest BCUT2D eigenvalue weighted by atomic mass is 16.6. The van der Waals surface area contributed by atoms with Gasteiger partial charge in [0.25, 0.3) is 5.69 Å². The van der Waals surface area contributed by atoms with Gasteiger partial charge in [0.15, 0.2) is 11.4 Å². The number of aliphatic hydroxyl groups excluding tert-OH is 1. The predicted octanol–water partition coefficient (Wildman–Crippen LogP) is 0.959. The van der Waals surface area contributed by atoms with Crippen LogP contribution in [0, 0.1) is 27.4 Å². The number of allylic oxidation sites excluding steroid dienone is 1. The molecular formula is C24H25N3O9. The number of carbonyl (C=O) groups excluding carboxylic acids is 2. The molecule has 3 aliphatic rings. The Morgan fingerprint density at radius 1 is 1.36 bits per heavy atom. The molecular weight excluding hydrogens is 474 g/mol. The highest BCUT2D eigenvalue weighted by molar-refractivity contribution is 6.11. The van der Waals surface area contributed by atoms with Gasteiger partial charge in [0.2, 0.25) is 0 Å². The molecule has 1 aromatic rings. The van der Waals surface area contributed by atoms with Gasteiger partial charge in [0, 0.05) is 35.0 Å². The zero-order valence-electron chi connectivity index (χ0n) is 19.6. The highest BCUT2D eigenvalue weighted by Gasteiger charge is 2.61. The van der Waals surface area contributed by atoms with E-state index in [2.05, 4.69) is 4.99 Å². The van der Waals surface area contributed by atoms with E-state index in [1.54, 1.807) is 19.9 Å². The number of Topliss-reactive ketones (excluding diaryl/α,β-unsaturated/α-hetero) is 1. The van der Waals surface area contributed by atoms with Gasteiger partial charge >= 0.3 is 5.97 Å². The number of ketones is 1. The van der Waals surface area contributed by atoms with Crippen LogP contribution < -0.4 is 0 Å². The Hall–Kier alpha value is -3.50. The molecule has 3 aliphatic heterocycles. The Morgan fingerprint density at radius 3 is 2.81 bits per heavy atom. The SMILES string of the molecule is CC1=NC(C)=C(C(=O)[C@@]2(O)CO[C@@H]3[C@@H](O)CO[C@@H]32)C(c2cccc([N+](=O)[O-])c2)C1C(=O)OCCC#N. The Labute approximate surface area is 205 Å². The fraction of sp³-hybridized carbons (Fsp3) is 0.500. The molecule has 2 fully saturated rings. The fourth-order valence-corrected chi connectivity index (χ4v) is 5.05. The molecule has 12 nitrogen and oxygen atoms in total. The van der Waals surface area contributed by atoms with E-state index in [4.69, 9.17) is 19.5 Å². The van der Waals surface area contributed by atoms with Gasteiger partial charge in [-0.25, -0.2) is 0 Å². The van der Waals surface area contributed by atoms with E-state index >= 15 is 0 Å². The quantitative estimate of drug-likeness (QED) is 0.237. The van der Waals surface area contributed by atoms with E-state index in [9.17, 15) is 29.9 Å². The molecule has 0 bridgehead atoms. The number of carbonyl (C=O) groups is 2. The van der Waals surface area contributed by atoms with Crippen LogP contribution in [0.25, 0.3) is 0 Å². The minimum Gasteiger partial charge on any atom is -0.464 e. The minimum absolute atomic E-state index is 0.0416.